The Balaban J connectivity index is 1.25. The molecule has 0 aromatic carbocycles. The van der Waals surface area contributed by atoms with Crippen LogP contribution in [0.3, 0.4) is 0 Å². The van der Waals surface area contributed by atoms with Crippen LogP contribution in [0.15, 0.2) is 21.2 Å². The minimum absolute atomic E-state index is 0.111. The molecule has 27 heavy (non-hydrogen) atoms. The number of halogens is 1. The number of nitrogens with one attached hydrogen (secondary N) is 1. The molecule has 4 heterocycles. The van der Waals surface area contributed by atoms with Crippen LogP contribution in [0.1, 0.15) is 50.7 Å². The van der Waals surface area contributed by atoms with Crippen LogP contribution in [0.2, 0.25) is 0 Å². The van der Waals surface area contributed by atoms with E-state index in [4.69, 9.17) is 9.68 Å². The van der Waals surface area contributed by atoms with Crippen LogP contribution in [0, 0.1) is 11.3 Å². The Morgan fingerprint density at radius 3 is 2.67 bits per heavy atom. The van der Waals surface area contributed by atoms with Gasteiger partial charge in [-0.3, -0.25) is 4.90 Å². The molecule has 2 aromatic heterocycles. The third-order valence-corrected chi connectivity index (χ3v) is 7.45. The van der Waals surface area contributed by atoms with Crippen molar-refractivity contribution in [1.82, 2.24) is 9.88 Å². The molecule has 2 N–H and O–H groups in total. The highest BCUT2D eigenvalue weighted by atomic mass is 79.9. The van der Waals surface area contributed by atoms with Crippen LogP contribution >= 0.6 is 15.9 Å². The van der Waals surface area contributed by atoms with E-state index in [0.717, 1.165) is 41.4 Å². The predicted octanol–water partition coefficient (Wildman–Crippen LogP) is 3.78. The molecule has 3 unspecified atom stereocenters. The Bertz CT molecular complexity index is 899. The summed E-state index contributed by atoms with van der Waals surface area (Å²) in [5.41, 5.74) is 0.621. The first-order valence-electron chi connectivity index (χ1n) is 9.84. The molecule has 0 radical (unpaired) electrons. The van der Waals surface area contributed by atoms with E-state index in [-0.39, 0.29) is 6.10 Å². The fourth-order valence-electron chi connectivity index (χ4n) is 5.41. The van der Waals surface area contributed by atoms with Gasteiger partial charge in [-0.25, -0.2) is 4.98 Å². The van der Waals surface area contributed by atoms with Crippen LogP contribution in [0.4, 0.5) is 5.82 Å². The number of nitrogens with zero attached hydrogens (tertiary/aromatic N) is 3. The highest BCUT2D eigenvalue weighted by Crippen LogP contribution is 2.42. The first-order valence-corrected chi connectivity index (χ1v) is 10.6. The second-order valence-electron chi connectivity index (χ2n) is 8.12. The SMILES string of the molecule is N#Cc1cc2c(Br)c(NC3CCC(N4C5CCC4C(O)C5)CC3)ncc2o1. The summed E-state index contributed by atoms with van der Waals surface area (Å²) in [4.78, 5) is 7.12. The maximum Gasteiger partial charge on any atom is 0.204 e. The molecule has 1 aliphatic carbocycles. The number of aliphatic hydroxyl groups excluding tert-OH is 1. The summed E-state index contributed by atoms with van der Waals surface area (Å²) in [5, 5.41) is 23.7. The van der Waals surface area contributed by atoms with Gasteiger partial charge in [-0.2, -0.15) is 5.26 Å². The number of hydrogen-bond acceptors (Lipinski definition) is 6. The Morgan fingerprint density at radius 1 is 1.22 bits per heavy atom. The first-order chi connectivity index (χ1) is 13.1. The van der Waals surface area contributed by atoms with Crippen molar-refractivity contribution in [1.29, 1.82) is 5.26 Å². The molecule has 6 nitrogen and oxygen atoms in total. The third kappa shape index (κ3) is 2.95. The largest absolute Gasteiger partial charge is 0.444 e. The van der Waals surface area contributed by atoms with Crippen molar-refractivity contribution in [2.75, 3.05) is 5.32 Å². The van der Waals surface area contributed by atoms with Gasteiger partial charge in [0.1, 0.15) is 11.9 Å². The standard InChI is InChI=1S/C20H23BrN4O2/c21-19-15-8-14(9-22)27-18(15)10-23-20(19)24-11-1-3-12(4-2-11)25-13-5-6-16(25)17(26)7-13/h8,10-13,16-17,26H,1-7H2,(H,23,24). The van der Waals surface area contributed by atoms with Crippen molar-refractivity contribution < 1.29 is 9.52 Å². The maximum atomic E-state index is 10.2. The Labute approximate surface area is 166 Å². The fourth-order valence-corrected chi connectivity index (χ4v) is 5.94. The lowest BCUT2D eigenvalue weighted by molar-refractivity contribution is 0.0866. The number of aliphatic hydroxyl groups is 1. The highest BCUT2D eigenvalue weighted by Gasteiger charge is 2.48. The van der Waals surface area contributed by atoms with Gasteiger partial charge >= 0.3 is 0 Å². The molecular weight excluding hydrogens is 408 g/mol. The first kappa shape index (κ1) is 17.5. The average Bonchev–Trinajstić information content (AvgIpc) is 3.37. The van der Waals surface area contributed by atoms with E-state index in [1.807, 2.05) is 6.07 Å². The molecule has 3 aliphatic rings. The molecule has 2 saturated heterocycles. The average molecular weight is 431 g/mol. The lowest BCUT2D eigenvalue weighted by atomic mass is 9.89. The van der Waals surface area contributed by atoms with Gasteiger partial charge in [-0.1, -0.05) is 0 Å². The van der Waals surface area contributed by atoms with Gasteiger partial charge < -0.3 is 14.8 Å². The molecule has 3 atom stereocenters. The number of fused-ring (bicyclic) bond motifs is 3. The van der Waals surface area contributed by atoms with Crippen LogP contribution in [0.5, 0.6) is 0 Å². The number of aromatic nitrogens is 1. The number of rotatable bonds is 3. The van der Waals surface area contributed by atoms with E-state index in [2.05, 4.69) is 31.1 Å². The topological polar surface area (TPSA) is 85.3 Å². The van der Waals surface area contributed by atoms with Crippen molar-refractivity contribution in [3.63, 3.8) is 0 Å². The molecule has 2 aromatic rings. The minimum Gasteiger partial charge on any atom is -0.444 e. The van der Waals surface area contributed by atoms with Crippen molar-refractivity contribution >= 4 is 32.7 Å². The van der Waals surface area contributed by atoms with Gasteiger partial charge in [-0.05, 0) is 60.9 Å². The molecule has 142 valence electrons. The normalized spacial score (nSPS) is 33.4. The second-order valence-corrected chi connectivity index (χ2v) is 8.91. The number of anilines is 1. The molecular formula is C20H23BrN4O2. The van der Waals surface area contributed by atoms with E-state index in [0.29, 0.717) is 35.5 Å². The van der Waals surface area contributed by atoms with Crippen LogP contribution in [-0.4, -0.2) is 45.3 Å². The van der Waals surface area contributed by atoms with Crippen LogP contribution in [0.25, 0.3) is 11.0 Å². The Hall–Kier alpha value is -1.62. The smallest absolute Gasteiger partial charge is 0.204 e. The summed E-state index contributed by atoms with van der Waals surface area (Å²) in [6.45, 7) is 0. The van der Waals surface area contributed by atoms with E-state index < -0.39 is 0 Å². The zero-order chi connectivity index (χ0) is 18.5. The molecule has 1 saturated carbocycles. The number of furan rings is 1. The molecule has 7 heteroatoms. The van der Waals surface area contributed by atoms with Crippen LogP contribution in [-0.2, 0) is 0 Å². The highest BCUT2D eigenvalue weighted by molar-refractivity contribution is 9.10. The molecule has 2 aliphatic heterocycles. The number of hydrogen-bond donors (Lipinski definition) is 2. The zero-order valence-corrected chi connectivity index (χ0v) is 16.7. The summed E-state index contributed by atoms with van der Waals surface area (Å²) < 4.78 is 6.30. The predicted molar refractivity (Wildman–Crippen MR) is 105 cm³/mol. The zero-order valence-electron chi connectivity index (χ0n) is 15.1. The van der Waals surface area contributed by atoms with Gasteiger partial charge in [0, 0.05) is 35.6 Å². The molecule has 5 rings (SSSR count). The monoisotopic (exact) mass is 430 g/mol. The van der Waals surface area contributed by atoms with E-state index in [1.165, 1.54) is 19.3 Å². The van der Waals surface area contributed by atoms with E-state index in [1.54, 1.807) is 12.3 Å². The molecule has 0 spiro atoms. The Morgan fingerprint density at radius 2 is 2.00 bits per heavy atom. The quantitative estimate of drug-likeness (QED) is 0.770. The lowest BCUT2D eigenvalue weighted by Gasteiger charge is -2.38. The van der Waals surface area contributed by atoms with Gasteiger partial charge in [0.15, 0.2) is 5.58 Å². The van der Waals surface area contributed by atoms with E-state index in [9.17, 15) is 5.11 Å². The lowest BCUT2D eigenvalue weighted by Crippen LogP contribution is -2.44. The minimum atomic E-state index is -0.111. The summed E-state index contributed by atoms with van der Waals surface area (Å²) in [6, 6.07) is 5.80. The maximum absolute atomic E-state index is 10.2. The number of nitriles is 1. The van der Waals surface area contributed by atoms with Gasteiger partial charge in [0.05, 0.1) is 16.8 Å². The summed E-state index contributed by atoms with van der Waals surface area (Å²) in [6.07, 6.45) is 9.51. The second kappa shape index (κ2) is 6.77. The Kier molecular flexibility index (Phi) is 4.38. The van der Waals surface area contributed by atoms with Crippen molar-refractivity contribution in [2.24, 2.45) is 0 Å². The van der Waals surface area contributed by atoms with E-state index >= 15 is 0 Å². The summed E-state index contributed by atoms with van der Waals surface area (Å²) >= 11 is 3.62. The summed E-state index contributed by atoms with van der Waals surface area (Å²) in [7, 11) is 0. The van der Waals surface area contributed by atoms with Gasteiger partial charge in [0.2, 0.25) is 5.76 Å². The van der Waals surface area contributed by atoms with Gasteiger partial charge in [-0.15, -0.1) is 0 Å². The van der Waals surface area contributed by atoms with Crippen molar-refractivity contribution in [3.05, 3.63) is 22.5 Å². The summed E-state index contributed by atoms with van der Waals surface area (Å²) in [5.74, 6) is 1.11. The van der Waals surface area contributed by atoms with Gasteiger partial charge in [0.25, 0.3) is 0 Å². The van der Waals surface area contributed by atoms with Crippen LogP contribution < -0.4 is 5.32 Å². The molecule has 2 bridgehead atoms. The number of pyridine rings is 1. The molecule has 0 amide bonds. The van der Waals surface area contributed by atoms with Crippen molar-refractivity contribution in [3.8, 4) is 6.07 Å². The third-order valence-electron chi connectivity index (χ3n) is 6.64. The fraction of sp³-hybridized carbons (Fsp3) is 0.600. The van der Waals surface area contributed by atoms with Crippen molar-refractivity contribution in [2.45, 2.75) is 75.2 Å². The molecule has 3 fully saturated rings.